The quantitative estimate of drug-likeness (QED) is 0.698. The summed E-state index contributed by atoms with van der Waals surface area (Å²) in [7, 11) is -0.311. The first kappa shape index (κ1) is 18.2. The molecule has 7 heteroatoms. The largest absolute Gasteiger partial charge is 0.361 e. The van der Waals surface area contributed by atoms with Crippen LogP contribution in [-0.2, 0) is 16.4 Å². The SMILES string of the molecule is CN(C)C(=O)c1ccc(S(=O)(=O)NCCc2c[nH]c3ccccc23)cc1. The Bertz CT molecular complexity index is 1020. The average molecular weight is 371 g/mol. The summed E-state index contributed by atoms with van der Waals surface area (Å²) in [6.45, 7) is 0.294. The molecule has 0 saturated heterocycles. The van der Waals surface area contributed by atoms with Crippen molar-refractivity contribution in [3.63, 3.8) is 0 Å². The van der Waals surface area contributed by atoms with Gasteiger partial charge in [-0.2, -0.15) is 0 Å². The Morgan fingerprint density at radius 1 is 1.08 bits per heavy atom. The average Bonchev–Trinajstić information content (AvgIpc) is 3.04. The molecule has 6 nitrogen and oxygen atoms in total. The molecule has 3 rings (SSSR count). The van der Waals surface area contributed by atoms with Crippen LogP contribution in [0.5, 0.6) is 0 Å². The summed E-state index contributed by atoms with van der Waals surface area (Å²) in [5.74, 6) is -0.166. The molecule has 1 aromatic heterocycles. The predicted molar refractivity (Wildman–Crippen MR) is 102 cm³/mol. The topological polar surface area (TPSA) is 82.3 Å². The van der Waals surface area contributed by atoms with E-state index in [1.807, 2.05) is 30.5 Å². The fourth-order valence-corrected chi connectivity index (χ4v) is 3.81. The van der Waals surface area contributed by atoms with E-state index in [1.54, 1.807) is 14.1 Å². The fraction of sp³-hybridized carbons (Fsp3) is 0.211. The standard InChI is InChI=1S/C19H21N3O3S/c1-22(2)19(23)14-7-9-16(10-8-14)26(24,25)21-12-11-15-13-20-18-6-4-3-5-17(15)18/h3-10,13,20-21H,11-12H2,1-2H3. The highest BCUT2D eigenvalue weighted by atomic mass is 32.2. The van der Waals surface area contributed by atoms with Crippen molar-refractivity contribution in [3.05, 3.63) is 65.9 Å². The van der Waals surface area contributed by atoms with Gasteiger partial charge in [-0.1, -0.05) is 18.2 Å². The van der Waals surface area contributed by atoms with Gasteiger partial charge in [-0.3, -0.25) is 4.79 Å². The van der Waals surface area contributed by atoms with E-state index in [1.165, 1.54) is 29.2 Å². The number of benzene rings is 2. The maximum atomic E-state index is 12.4. The number of rotatable bonds is 6. The number of nitrogens with zero attached hydrogens (tertiary/aromatic N) is 1. The van der Waals surface area contributed by atoms with Gasteiger partial charge >= 0.3 is 0 Å². The molecule has 0 atom stereocenters. The lowest BCUT2D eigenvalue weighted by molar-refractivity contribution is 0.0827. The van der Waals surface area contributed by atoms with E-state index >= 15 is 0 Å². The molecule has 136 valence electrons. The number of amides is 1. The maximum absolute atomic E-state index is 12.4. The van der Waals surface area contributed by atoms with Crippen LogP contribution in [0.1, 0.15) is 15.9 Å². The second kappa shape index (κ2) is 7.31. The maximum Gasteiger partial charge on any atom is 0.253 e. The van der Waals surface area contributed by atoms with Crippen LogP contribution < -0.4 is 4.72 Å². The molecule has 2 N–H and O–H groups in total. The number of aromatic amines is 1. The lowest BCUT2D eigenvalue weighted by Gasteiger charge is -2.11. The zero-order valence-corrected chi connectivity index (χ0v) is 15.5. The van der Waals surface area contributed by atoms with Gasteiger partial charge in [0.25, 0.3) is 5.91 Å². The van der Waals surface area contributed by atoms with Crippen LogP contribution >= 0.6 is 0 Å². The van der Waals surface area contributed by atoms with Crippen molar-refractivity contribution < 1.29 is 13.2 Å². The lowest BCUT2D eigenvalue weighted by atomic mass is 10.1. The molecule has 0 spiro atoms. The van der Waals surface area contributed by atoms with E-state index in [0.29, 0.717) is 18.5 Å². The van der Waals surface area contributed by atoms with Gasteiger partial charge in [0.05, 0.1) is 4.90 Å². The molecule has 0 aliphatic rings. The summed E-state index contributed by atoms with van der Waals surface area (Å²) in [6.07, 6.45) is 2.49. The Hall–Kier alpha value is -2.64. The van der Waals surface area contributed by atoms with E-state index in [2.05, 4.69) is 9.71 Å². The second-order valence-electron chi connectivity index (χ2n) is 6.23. The Kier molecular flexibility index (Phi) is 5.11. The van der Waals surface area contributed by atoms with Gasteiger partial charge in [0.1, 0.15) is 0 Å². The molecular formula is C19H21N3O3S. The molecule has 26 heavy (non-hydrogen) atoms. The van der Waals surface area contributed by atoms with Crippen LogP contribution in [0.25, 0.3) is 10.9 Å². The number of nitrogens with one attached hydrogen (secondary N) is 2. The molecular weight excluding hydrogens is 350 g/mol. The third kappa shape index (κ3) is 3.79. The van der Waals surface area contributed by atoms with Crippen molar-refractivity contribution in [1.29, 1.82) is 0 Å². The minimum absolute atomic E-state index is 0.145. The zero-order chi connectivity index (χ0) is 18.7. The number of hydrogen-bond donors (Lipinski definition) is 2. The number of aromatic nitrogens is 1. The number of H-pyrrole nitrogens is 1. The Morgan fingerprint density at radius 2 is 1.77 bits per heavy atom. The number of carbonyl (C=O) groups excluding carboxylic acids is 1. The van der Waals surface area contributed by atoms with Crippen LogP contribution in [-0.4, -0.2) is 44.8 Å². The molecule has 2 aromatic carbocycles. The lowest BCUT2D eigenvalue weighted by Crippen LogP contribution is -2.26. The molecule has 0 aliphatic carbocycles. The van der Waals surface area contributed by atoms with Crippen LogP contribution in [0, 0.1) is 0 Å². The van der Waals surface area contributed by atoms with Crippen molar-refractivity contribution >= 4 is 26.8 Å². The van der Waals surface area contributed by atoms with Crippen LogP contribution in [0.15, 0.2) is 59.6 Å². The Balaban J connectivity index is 1.66. The summed E-state index contributed by atoms with van der Waals surface area (Å²) < 4.78 is 27.5. The van der Waals surface area contributed by atoms with Gasteiger partial charge in [0, 0.05) is 43.3 Å². The van der Waals surface area contributed by atoms with Crippen molar-refractivity contribution in [3.8, 4) is 0 Å². The number of hydrogen-bond acceptors (Lipinski definition) is 3. The normalized spacial score (nSPS) is 11.6. The van der Waals surface area contributed by atoms with Crippen LogP contribution in [0.4, 0.5) is 0 Å². The first-order valence-electron chi connectivity index (χ1n) is 8.25. The minimum Gasteiger partial charge on any atom is -0.361 e. The Morgan fingerprint density at radius 3 is 2.46 bits per heavy atom. The molecule has 0 aliphatic heterocycles. The highest BCUT2D eigenvalue weighted by Gasteiger charge is 2.15. The van der Waals surface area contributed by atoms with E-state index in [9.17, 15) is 13.2 Å². The number of fused-ring (bicyclic) bond motifs is 1. The summed E-state index contributed by atoms with van der Waals surface area (Å²) in [6, 6.07) is 13.9. The van der Waals surface area contributed by atoms with Crippen LogP contribution in [0.2, 0.25) is 0 Å². The monoisotopic (exact) mass is 371 g/mol. The fourth-order valence-electron chi connectivity index (χ4n) is 2.78. The summed E-state index contributed by atoms with van der Waals surface area (Å²) in [5, 5.41) is 1.10. The van der Waals surface area contributed by atoms with E-state index in [-0.39, 0.29) is 10.8 Å². The number of carbonyl (C=O) groups is 1. The molecule has 1 heterocycles. The van der Waals surface area contributed by atoms with Crippen LogP contribution in [0.3, 0.4) is 0 Å². The van der Waals surface area contributed by atoms with Crippen molar-refractivity contribution in [1.82, 2.24) is 14.6 Å². The highest BCUT2D eigenvalue weighted by molar-refractivity contribution is 7.89. The Labute approximate surface area is 152 Å². The van der Waals surface area contributed by atoms with Crippen molar-refractivity contribution in [2.45, 2.75) is 11.3 Å². The molecule has 0 fully saturated rings. The van der Waals surface area contributed by atoms with E-state index in [4.69, 9.17) is 0 Å². The molecule has 0 bridgehead atoms. The number of para-hydroxylation sites is 1. The second-order valence-corrected chi connectivity index (χ2v) is 8.00. The van der Waals surface area contributed by atoms with Gasteiger partial charge in [0.2, 0.25) is 10.0 Å². The van der Waals surface area contributed by atoms with Gasteiger partial charge in [-0.05, 0) is 42.3 Å². The zero-order valence-electron chi connectivity index (χ0n) is 14.7. The molecule has 3 aromatic rings. The van der Waals surface area contributed by atoms with E-state index < -0.39 is 10.0 Å². The first-order valence-corrected chi connectivity index (χ1v) is 9.73. The third-order valence-corrected chi connectivity index (χ3v) is 5.66. The summed E-state index contributed by atoms with van der Waals surface area (Å²) in [4.78, 5) is 16.6. The third-order valence-electron chi connectivity index (χ3n) is 4.18. The van der Waals surface area contributed by atoms with Gasteiger partial charge in [-0.15, -0.1) is 0 Å². The molecule has 0 unspecified atom stereocenters. The molecule has 0 saturated carbocycles. The van der Waals surface area contributed by atoms with Crippen molar-refractivity contribution in [2.75, 3.05) is 20.6 Å². The smallest absolute Gasteiger partial charge is 0.253 e. The highest BCUT2D eigenvalue weighted by Crippen LogP contribution is 2.18. The predicted octanol–water partition coefficient (Wildman–Crippen LogP) is 2.39. The van der Waals surface area contributed by atoms with Crippen molar-refractivity contribution in [2.24, 2.45) is 0 Å². The van der Waals surface area contributed by atoms with Gasteiger partial charge < -0.3 is 9.88 Å². The first-order chi connectivity index (χ1) is 12.4. The minimum atomic E-state index is -3.61. The summed E-state index contributed by atoms with van der Waals surface area (Å²) in [5.41, 5.74) is 2.55. The summed E-state index contributed by atoms with van der Waals surface area (Å²) >= 11 is 0. The van der Waals surface area contributed by atoms with Gasteiger partial charge in [-0.25, -0.2) is 13.1 Å². The number of sulfonamides is 1. The van der Waals surface area contributed by atoms with E-state index in [0.717, 1.165) is 16.5 Å². The van der Waals surface area contributed by atoms with Gasteiger partial charge in [0.15, 0.2) is 0 Å². The molecule has 0 radical (unpaired) electrons. The molecule has 1 amide bonds.